The van der Waals surface area contributed by atoms with Crippen LogP contribution in [0, 0.1) is 0 Å². The van der Waals surface area contributed by atoms with E-state index >= 15 is 0 Å². The van der Waals surface area contributed by atoms with Gasteiger partial charge in [-0.25, -0.2) is 19.2 Å². The van der Waals surface area contributed by atoms with Crippen molar-refractivity contribution in [3.05, 3.63) is 115 Å². The van der Waals surface area contributed by atoms with E-state index in [-0.39, 0.29) is 78.5 Å². The fraction of sp³-hybridized carbons (Fsp3) is 0.562. The minimum Gasteiger partial charge on any atom is -0.481 e. The van der Waals surface area contributed by atoms with Crippen molar-refractivity contribution >= 4 is 23.9 Å². The maximum atomic E-state index is 13.5. The van der Waals surface area contributed by atoms with E-state index in [0.29, 0.717) is 23.0 Å². The summed E-state index contributed by atoms with van der Waals surface area (Å²) in [5, 5.41) is 0. The Morgan fingerprint density at radius 3 is 0.600 bits per heavy atom. The van der Waals surface area contributed by atoms with E-state index in [4.69, 9.17) is 56.8 Å². The standard InChI is InChI=1S/C64H88O16/c1-61(2,3)49-29-41-25-43-31-50(62(4,5)6)33-45(58(43)78-38-54(66)74-22-18-70-14)27-47-35-52(64(10,11)12)36-48(60(47)80-40-56(68)76-24-20-72-16)28-46-34-51(63(7,8)9)32-44(59(46)79-39-55(67)75-23-19-71-15)26-42(30-49)57(41)77-37-53(65)73-21-17-69-13/h29-36H,17-28,37-40H2,1-16H3. The third kappa shape index (κ3) is 19.0. The summed E-state index contributed by atoms with van der Waals surface area (Å²) in [4.78, 5) is 54.1. The van der Waals surface area contributed by atoms with Gasteiger partial charge < -0.3 is 56.8 Å². The average molecular weight is 1110 g/mol. The smallest absolute Gasteiger partial charge is 0.344 e. The Balaban J connectivity index is 1.99. The van der Waals surface area contributed by atoms with Crippen LogP contribution in [-0.4, -0.2) is 132 Å². The van der Waals surface area contributed by atoms with Gasteiger partial charge >= 0.3 is 23.9 Å². The molecule has 440 valence electrons. The van der Waals surface area contributed by atoms with Crippen LogP contribution in [0.5, 0.6) is 23.0 Å². The number of fused-ring (bicyclic) bond motifs is 8. The number of hydrogen-bond acceptors (Lipinski definition) is 16. The van der Waals surface area contributed by atoms with Crippen LogP contribution in [0.2, 0.25) is 0 Å². The molecule has 0 fully saturated rings. The van der Waals surface area contributed by atoms with Gasteiger partial charge in [0, 0.05) is 54.1 Å². The highest BCUT2D eigenvalue weighted by Crippen LogP contribution is 2.44. The topological polar surface area (TPSA) is 179 Å². The van der Waals surface area contributed by atoms with E-state index < -0.39 is 72.0 Å². The Labute approximate surface area is 474 Å². The number of ether oxygens (including phenoxy) is 12. The minimum absolute atomic E-state index is 0.0415. The summed E-state index contributed by atoms with van der Waals surface area (Å²) in [5.41, 5.74) is 8.24. The van der Waals surface area contributed by atoms with Crippen LogP contribution in [0.4, 0.5) is 0 Å². The highest BCUT2D eigenvalue weighted by atomic mass is 16.6. The molecule has 0 aromatic heterocycles. The van der Waals surface area contributed by atoms with Crippen LogP contribution in [0.1, 0.15) is 150 Å². The van der Waals surface area contributed by atoms with Crippen molar-refractivity contribution in [1.29, 1.82) is 0 Å². The zero-order chi connectivity index (χ0) is 59.0. The first-order valence-corrected chi connectivity index (χ1v) is 27.4. The molecule has 1 aliphatic rings. The largest absolute Gasteiger partial charge is 0.481 e. The molecule has 0 heterocycles. The van der Waals surface area contributed by atoms with Crippen molar-refractivity contribution in [2.75, 3.05) is 108 Å². The fourth-order valence-corrected chi connectivity index (χ4v) is 9.01. The summed E-state index contributed by atoms with van der Waals surface area (Å²) in [6.45, 7) is 25.0. The minimum atomic E-state index is -0.584. The molecule has 5 rings (SSSR count). The molecule has 0 unspecified atom stereocenters. The summed E-state index contributed by atoms with van der Waals surface area (Å²) in [7, 11) is 6.13. The van der Waals surface area contributed by atoms with E-state index in [1.54, 1.807) is 0 Å². The lowest BCUT2D eigenvalue weighted by molar-refractivity contribution is -0.148. The summed E-state index contributed by atoms with van der Waals surface area (Å²) >= 11 is 0. The maximum Gasteiger partial charge on any atom is 0.344 e. The van der Waals surface area contributed by atoms with E-state index in [9.17, 15) is 19.2 Å². The first kappa shape index (κ1) is 64.6. The number of esters is 4. The van der Waals surface area contributed by atoms with Crippen molar-refractivity contribution in [2.45, 2.75) is 130 Å². The van der Waals surface area contributed by atoms with Gasteiger partial charge in [0.25, 0.3) is 0 Å². The Morgan fingerprint density at radius 1 is 0.300 bits per heavy atom. The van der Waals surface area contributed by atoms with Crippen LogP contribution in [0.3, 0.4) is 0 Å². The monoisotopic (exact) mass is 1110 g/mol. The van der Waals surface area contributed by atoms with Gasteiger partial charge in [-0.2, -0.15) is 0 Å². The highest BCUT2D eigenvalue weighted by molar-refractivity contribution is 5.73. The first-order chi connectivity index (χ1) is 37.7. The van der Waals surface area contributed by atoms with Crippen LogP contribution in [0.15, 0.2) is 48.5 Å². The van der Waals surface area contributed by atoms with E-state index in [0.717, 1.165) is 66.8 Å². The van der Waals surface area contributed by atoms with Crippen LogP contribution in [-0.2, 0) is 104 Å². The van der Waals surface area contributed by atoms with Crippen LogP contribution in [0.25, 0.3) is 0 Å². The molecular weight excluding hydrogens is 1020 g/mol. The quantitative estimate of drug-likeness (QED) is 0.0323. The average Bonchev–Trinajstić information content (AvgIpc) is 3.36. The lowest BCUT2D eigenvalue weighted by atomic mass is 9.79. The van der Waals surface area contributed by atoms with Gasteiger partial charge in [-0.15, -0.1) is 0 Å². The number of rotatable bonds is 24. The maximum absolute atomic E-state index is 13.5. The summed E-state index contributed by atoms with van der Waals surface area (Å²) in [6, 6.07) is 16.8. The second kappa shape index (κ2) is 29.0. The number of hydrogen-bond donors (Lipinski definition) is 0. The Morgan fingerprint density at radius 2 is 0.463 bits per heavy atom. The van der Waals surface area contributed by atoms with E-state index in [1.165, 1.54) is 28.4 Å². The summed E-state index contributed by atoms with van der Waals surface area (Å²) in [6.07, 6.45) is 0.849. The number of methoxy groups -OCH3 is 4. The second-order valence-electron chi connectivity index (χ2n) is 24.2. The molecule has 0 amide bonds. The Bertz CT molecular complexity index is 2280. The predicted molar refractivity (Wildman–Crippen MR) is 305 cm³/mol. The third-order valence-electron chi connectivity index (χ3n) is 13.5. The fourth-order valence-electron chi connectivity index (χ4n) is 9.01. The molecule has 80 heavy (non-hydrogen) atoms. The van der Waals surface area contributed by atoms with Gasteiger partial charge in [0.15, 0.2) is 26.4 Å². The molecule has 0 saturated carbocycles. The van der Waals surface area contributed by atoms with Crippen LogP contribution >= 0.6 is 0 Å². The molecule has 0 aliphatic heterocycles. The molecule has 16 nitrogen and oxygen atoms in total. The van der Waals surface area contributed by atoms with Gasteiger partial charge in [-0.1, -0.05) is 132 Å². The lowest BCUT2D eigenvalue weighted by Gasteiger charge is -2.29. The molecule has 1 aliphatic carbocycles. The van der Waals surface area contributed by atoms with Crippen molar-refractivity contribution in [3.8, 4) is 23.0 Å². The molecule has 16 heteroatoms. The zero-order valence-corrected chi connectivity index (χ0v) is 50.5. The van der Waals surface area contributed by atoms with Gasteiger partial charge in [-0.05, 0) is 88.4 Å². The van der Waals surface area contributed by atoms with Crippen molar-refractivity contribution in [2.24, 2.45) is 0 Å². The normalized spacial score (nSPS) is 12.8. The van der Waals surface area contributed by atoms with Gasteiger partial charge in [0.05, 0.1) is 26.4 Å². The lowest BCUT2D eigenvalue weighted by Crippen LogP contribution is -2.22. The molecule has 0 saturated heterocycles. The first-order valence-electron chi connectivity index (χ1n) is 27.4. The Hall–Kier alpha value is -6.20. The van der Waals surface area contributed by atoms with E-state index in [2.05, 4.69) is 132 Å². The predicted octanol–water partition coefficient (Wildman–Crippen LogP) is 9.83. The number of carbonyl (C=O) groups excluding carboxylic acids is 4. The number of carbonyl (C=O) groups is 4. The third-order valence-corrected chi connectivity index (χ3v) is 13.5. The zero-order valence-electron chi connectivity index (χ0n) is 50.5. The molecule has 0 N–H and O–H groups in total. The Kier molecular flexibility index (Phi) is 23.4. The van der Waals surface area contributed by atoms with Crippen molar-refractivity contribution in [1.82, 2.24) is 0 Å². The SMILES string of the molecule is COCCOC(=O)COc1c2cc(C(C)(C)C)cc1Cc1cc(C(C)(C)C)cc(c1OCC(=O)OCCOC)Cc1cc(C(C)(C)C)cc(c1OCC(=O)OCCOC)Cc1cc(C(C)(C)C)cc(c1OCC(=O)OCCOC)C2. The molecule has 4 aromatic carbocycles. The van der Waals surface area contributed by atoms with E-state index in [1.807, 2.05) is 0 Å². The van der Waals surface area contributed by atoms with Crippen molar-refractivity contribution in [3.63, 3.8) is 0 Å². The number of benzene rings is 4. The van der Waals surface area contributed by atoms with Gasteiger partial charge in [-0.3, -0.25) is 0 Å². The molecule has 0 radical (unpaired) electrons. The molecule has 0 atom stereocenters. The molecule has 8 bridgehead atoms. The molecular formula is C64H88O16. The van der Waals surface area contributed by atoms with Gasteiger partial charge in [0.1, 0.15) is 49.4 Å². The highest BCUT2D eigenvalue weighted by Gasteiger charge is 2.31. The van der Waals surface area contributed by atoms with Crippen LogP contribution < -0.4 is 18.9 Å². The summed E-state index contributed by atoms with van der Waals surface area (Å²) in [5.74, 6) is -0.551. The summed E-state index contributed by atoms with van der Waals surface area (Å²) < 4.78 is 69.8. The molecule has 4 aromatic rings. The van der Waals surface area contributed by atoms with Crippen molar-refractivity contribution < 1.29 is 76.0 Å². The second-order valence-corrected chi connectivity index (χ2v) is 24.2. The molecule has 0 spiro atoms. The van der Waals surface area contributed by atoms with Gasteiger partial charge in [0.2, 0.25) is 0 Å².